The molecule has 0 radical (unpaired) electrons. The van der Waals surface area contributed by atoms with E-state index in [0.29, 0.717) is 25.5 Å². The van der Waals surface area contributed by atoms with E-state index in [-0.39, 0.29) is 5.75 Å². The Morgan fingerprint density at radius 3 is 2.84 bits per heavy atom. The van der Waals surface area contributed by atoms with Gasteiger partial charge in [-0.25, -0.2) is 0 Å². The Hall–Kier alpha value is -2.89. The van der Waals surface area contributed by atoms with Crippen LogP contribution in [0.1, 0.15) is 25.3 Å². The highest BCUT2D eigenvalue weighted by molar-refractivity contribution is 6.01. The number of hydrogen-bond acceptors (Lipinski definition) is 5. The Morgan fingerprint density at radius 2 is 2.08 bits per heavy atom. The standard InChI is InChI=1S/C19H22N4O2/c1-14-2-7-18(22-23(14)11-10-20-13-24)16-8-9-21-19(12-16)15-3-5-17(25)6-4-15/h3-6,8-9,12-14,25H,2,7,10-11H2,1H3,(H,20,24). The van der Waals surface area contributed by atoms with Crippen molar-refractivity contribution in [3.8, 4) is 17.0 Å². The minimum atomic E-state index is 0.241. The zero-order valence-corrected chi connectivity index (χ0v) is 14.2. The molecule has 1 atom stereocenters. The molecule has 2 aromatic rings. The summed E-state index contributed by atoms with van der Waals surface area (Å²) in [6, 6.07) is 11.4. The Balaban J connectivity index is 1.83. The second kappa shape index (κ2) is 7.79. The van der Waals surface area contributed by atoms with E-state index in [0.717, 1.165) is 35.4 Å². The maximum absolute atomic E-state index is 10.4. The number of carbonyl (C=O) groups is 1. The lowest BCUT2D eigenvalue weighted by Gasteiger charge is -2.31. The zero-order chi connectivity index (χ0) is 17.6. The van der Waals surface area contributed by atoms with E-state index >= 15 is 0 Å². The van der Waals surface area contributed by atoms with Crippen molar-refractivity contribution in [3.05, 3.63) is 48.2 Å². The van der Waals surface area contributed by atoms with Gasteiger partial charge in [-0.3, -0.25) is 14.8 Å². The summed E-state index contributed by atoms with van der Waals surface area (Å²) in [4.78, 5) is 14.8. The van der Waals surface area contributed by atoms with Crippen LogP contribution in [-0.2, 0) is 4.79 Å². The second-order valence-electron chi connectivity index (χ2n) is 6.15. The number of hydrogen-bond donors (Lipinski definition) is 2. The fourth-order valence-corrected chi connectivity index (χ4v) is 2.91. The number of pyridine rings is 1. The van der Waals surface area contributed by atoms with Gasteiger partial charge in [-0.1, -0.05) is 0 Å². The molecule has 0 aliphatic carbocycles. The lowest BCUT2D eigenvalue weighted by Crippen LogP contribution is -2.38. The molecule has 1 aromatic heterocycles. The number of nitrogens with one attached hydrogen (secondary N) is 1. The molecule has 0 spiro atoms. The number of phenolic OH excluding ortho intramolecular Hbond substituents is 1. The lowest BCUT2D eigenvalue weighted by atomic mass is 10.00. The van der Waals surface area contributed by atoms with Gasteiger partial charge in [0.2, 0.25) is 6.41 Å². The first kappa shape index (κ1) is 17.0. The van der Waals surface area contributed by atoms with E-state index in [4.69, 9.17) is 5.10 Å². The molecule has 1 unspecified atom stereocenters. The van der Waals surface area contributed by atoms with Gasteiger partial charge in [-0.2, -0.15) is 5.10 Å². The van der Waals surface area contributed by atoms with Crippen molar-refractivity contribution >= 4 is 12.1 Å². The van der Waals surface area contributed by atoms with Gasteiger partial charge >= 0.3 is 0 Å². The molecule has 2 heterocycles. The Morgan fingerprint density at radius 1 is 1.28 bits per heavy atom. The van der Waals surface area contributed by atoms with Gasteiger partial charge in [-0.05, 0) is 56.2 Å². The first-order valence-electron chi connectivity index (χ1n) is 8.44. The van der Waals surface area contributed by atoms with E-state index in [1.807, 2.05) is 29.3 Å². The van der Waals surface area contributed by atoms with Crippen LogP contribution in [0.4, 0.5) is 0 Å². The van der Waals surface area contributed by atoms with Crippen molar-refractivity contribution < 1.29 is 9.90 Å². The molecule has 0 bridgehead atoms. The fourth-order valence-electron chi connectivity index (χ4n) is 2.91. The minimum absolute atomic E-state index is 0.241. The van der Waals surface area contributed by atoms with Gasteiger partial charge in [0.05, 0.1) is 18.0 Å². The summed E-state index contributed by atoms with van der Waals surface area (Å²) >= 11 is 0. The van der Waals surface area contributed by atoms with E-state index < -0.39 is 0 Å². The molecule has 3 rings (SSSR count). The molecule has 2 N–H and O–H groups in total. The van der Waals surface area contributed by atoms with Crippen molar-refractivity contribution in [1.29, 1.82) is 0 Å². The molecule has 6 nitrogen and oxygen atoms in total. The summed E-state index contributed by atoms with van der Waals surface area (Å²) < 4.78 is 0. The van der Waals surface area contributed by atoms with Crippen LogP contribution in [0.25, 0.3) is 11.3 Å². The molecule has 1 aromatic carbocycles. The van der Waals surface area contributed by atoms with Crippen molar-refractivity contribution in [2.24, 2.45) is 5.10 Å². The third kappa shape index (κ3) is 4.15. The van der Waals surface area contributed by atoms with E-state index in [2.05, 4.69) is 17.2 Å². The summed E-state index contributed by atoms with van der Waals surface area (Å²) in [6.45, 7) is 3.43. The molecule has 0 saturated carbocycles. The maximum atomic E-state index is 10.4. The predicted octanol–water partition coefficient (Wildman–Crippen LogP) is 2.39. The first-order chi connectivity index (χ1) is 12.2. The van der Waals surface area contributed by atoms with Gasteiger partial charge in [-0.15, -0.1) is 0 Å². The summed E-state index contributed by atoms with van der Waals surface area (Å²) in [5.41, 5.74) is 3.90. The van der Waals surface area contributed by atoms with Crippen molar-refractivity contribution in [2.45, 2.75) is 25.8 Å². The number of rotatable bonds is 6. The largest absolute Gasteiger partial charge is 0.508 e. The zero-order valence-electron chi connectivity index (χ0n) is 14.2. The van der Waals surface area contributed by atoms with Crippen LogP contribution in [0.15, 0.2) is 47.7 Å². The first-order valence-corrected chi connectivity index (χ1v) is 8.44. The number of aromatic hydroxyl groups is 1. The van der Waals surface area contributed by atoms with Crippen LogP contribution in [-0.4, -0.2) is 46.4 Å². The SMILES string of the molecule is CC1CCC(c2ccnc(-c3ccc(O)cc3)c2)=NN1CCNC=O. The molecular weight excluding hydrogens is 316 g/mol. The predicted molar refractivity (Wildman–Crippen MR) is 97.3 cm³/mol. The number of phenols is 1. The number of carbonyl (C=O) groups excluding carboxylic acids is 1. The fraction of sp³-hybridized carbons (Fsp3) is 0.316. The van der Waals surface area contributed by atoms with Crippen LogP contribution in [0.5, 0.6) is 5.75 Å². The number of amides is 1. The van der Waals surface area contributed by atoms with Crippen molar-refractivity contribution in [3.63, 3.8) is 0 Å². The molecule has 0 saturated heterocycles. The highest BCUT2D eigenvalue weighted by atomic mass is 16.3. The number of aromatic nitrogens is 1. The molecule has 6 heteroatoms. The van der Waals surface area contributed by atoms with Crippen LogP contribution >= 0.6 is 0 Å². The highest BCUT2D eigenvalue weighted by Crippen LogP contribution is 2.23. The van der Waals surface area contributed by atoms with E-state index in [1.54, 1.807) is 18.3 Å². The summed E-state index contributed by atoms with van der Waals surface area (Å²) in [5.74, 6) is 0.241. The van der Waals surface area contributed by atoms with Crippen molar-refractivity contribution in [1.82, 2.24) is 15.3 Å². The second-order valence-corrected chi connectivity index (χ2v) is 6.15. The normalized spacial score (nSPS) is 17.1. The molecule has 25 heavy (non-hydrogen) atoms. The number of nitrogens with zero attached hydrogens (tertiary/aromatic N) is 3. The maximum Gasteiger partial charge on any atom is 0.207 e. The van der Waals surface area contributed by atoms with Crippen LogP contribution < -0.4 is 5.32 Å². The van der Waals surface area contributed by atoms with Crippen LogP contribution in [0.2, 0.25) is 0 Å². The number of benzene rings is 1. The van der Waals surface area contributed by atoms with Gasteiger partial charge < -0.3 is 10.4 Å². The van der Waals surface area contributed by atoms with E-state index in [1.165, 1.54) is 0 Å². The third-order valence-electron chi connectivity index (χ3n) is 4.38. The molecule has 1 aliphatic heterocycles. The number of hydrazone groups is 1. The minimum Gasteiger partial charge on any atom is -0.508 e. The van der Waals surface area contributed by atoms with E-state index in [9.17, 15) is 9.90 Å². The average molecular weight is 338 g/mol. The average Bonchev–Trinajstić information content (AvgIpc) is 2.64. The van der Waals surface area contributed by atoms with Gasteiger partial charge in [0.1, 0.15) is 5.75 Å². The van der Waals surface area contributed by atoms with Gasteiger partial charge in [0.25, 0.3) is 0 Å². The Kier molecular flexibility index (Phi) is 5.28. The smallest absolute Gasteiger partial charge is 0.207 e. The quantitative estimate of drug-likeness (QED) is 0.626. The molecule has 0 fully saturated rings. The Bertz CT molecular complexity index is 758. The van der Waals surface area contributed by atoms with Crippen LogP contribution in [0.3, 0.4) is 0 Å². The summed E-state index contributed by atoms with van der Waals surface area (Å²) in [6.07, 6.45) is 4.44. The molecule has 130 valence electrons. The summed E-state index contributed by atoms with van der Waals surface area (Å²) in [5, 5.41) is 18.9. The lowest BCUT2D eigenvalue weighted by molar-refractivity contribution is -0.109. The van der Waals surface area contributed by atoms with Crippen LogP contribution in [0, 0.1) is 0 Å². The molecule has 1 amide bonds. The molecular formula is C19H22N4O2. The van der Waals surface area contributed by atoms with Gasteiger partial charge in [0, 0.05) is 29.9 Å². The third-order valence-corrected chi connectivity index (χ3v) is 4.38. The Labute approximate surface area is 147 Å². The van der Waals surface area contributed by atoms with Gasteiger partial charge in [0.15, 0.2) is 0 Å². The highest BCUT2D eigenvalue weighted by Gasteiger charge is 2.20. The van der Waals surface area contributed by atoms with Crippen molar-refractivity contribution in [2.75, 3.05) is 13.1 Å². The summed E-state index contributed by atoms with van der Waals surface area (Å²) in [7, 11) is 0. The monoisotopic (exact) mass is 338 g/mol. The molecule has 1 aliphatic rings. The topological polar surface area (TPSA) is 77.8 Å².